The summed E-state index contributed by atoms with van der Waals surface area (Å²) in [7, 11) is 3.24. The monoisotopic (exact) mass is 246 g/mol. The van der Waals surface area contributed by atoms with Crippen molar-refractivity contribution in [2.75, 3.05) is 33.9 Å². The Morgan fingerprint density at radius 1 is 1.35 bits per heavy atom. The quantitative estimate of drug-likeness (QED) is 0.546. The van der Waals surface area contributed by atoms with Gasteiger partial charge in [-0.25, -0.2) is 0 Å². The number of hydrogen-bond donors (Lipinski definition) is 2. The molecule has 0 saturated heterocycles. The Labute approximate surface area is 104 Å². The average Bonchev–Trinajstić information content (AvgIpc) is 2.28. The average molecular weight is 246 g/mol. The molecule has 0 aliphatic carbocycles. The van der Waals surface area contributed by atoms with Gasteiger partial charge in [-0.2, -0.15) is 0 Å². The van der Waals surface area contributed by atoms with E-state index in [1.165, 1.54) is 7.11 Å². The molecule has 0 aliphatic heterocycles. The summed E-state index contributed by atoms with van der Waals surface area (Å²) in [5.41, 5.74) is 5.39. The van der Waals surface area contributed by atoms with Crippen LogP contribution in [0, 0.1) is 0 Å². The number of carbonyl (C=O) groups excluding carboxylic acids is 1. The molecule has 0 heterocycles. The molecule has 0 aromatic rings. The minimum atomic E-state index is -0.605. The van der Waals surface area contributed by atoms with Gasteiger partial charge < -0.3 is 20.5 Å². The van der Waals surface area contributed by atoms with Crippen LogP contribution >= 0.6 is 0 Å². The molecule has 0 bridgehead atoms. The van der Waals surface area contributed by atoms with Gasteiger partial charge in [0.05, 0.1) is 12.7 Å². The highest BCUT2D eigenvalue weighted by Crippen LogP contribution is 2.04. The minimum absolute atomic E-state index is 0.0768. The molecule has 1 unspecified atom stereocenters. The van der Waals surface area contributed by atoms with E-state index in [0.717, 1.165) is 32.2 Å². The summed E-state index contributed by atoms with van der Waals surface area (Å²) < 4.78 is 4.81. The van der Waals surface area contributed by atoms with Crippen LogP contribution in [0.1, 0.15) is 32.1 Å². The molecule has 0 aliphatic rings. The van der Waals surface area contributed by atoms with Crippen molar-refractivity contribution >= 4 is 5.91 Å². The molecule has 0 spiro atoms. The number of amides is 1. The van der Waals surface area contributed by atoms with Crippen molar-refractivity contribution in [3.05, 3.63) is 0 Å². The normalized spacial score (nSPS) is 12.5. The lowest BCUT2D eigenvalue weighted by atomic mass is 10.1. The Morgan fingerprint density at radius 2 is 2.00 bits per heavy atom. The van der Waals surface area contributed by atoms with E-state index in [1.807, 2.05) is 0 Å². The molecule has 0 aromatic heterocycles. The second kappa shape index (κ2) is 10.5. The van der Waals surface area contributed by atoms with Crippen LogP contribution in [0.3, 0.4) is 0 Å². The molecule has 102 valence electrons. The number of methoxy groups -OCH3 is 1. The summed E-state index contributed by atoms with van der Waals surface area (Å²) in [5.74, 6) is 0.0768. The second-order valence-corrected chi connectivity index (χ2v) is 4.34. The van der Waals surface area contributed by atoms with Crippen LogP contribution in [0.4, 0.5) is 0 Å². The number of aliphatic hydroxyl groups is 1. The van der Waals surface area contributed by atoms with Gasteiger partial charge in [-0.1, -0.05) is 12.8 Å². The van der Waals surface area contributed by atoms with Crippen LogP contribution < -0.4 is 5.73 Å². The third kappa shape index (κ3) is 9.09. The Bertz CT molecular complexity index is 200. The number of carbonyl (C=O) groups is 1. The molecule has 5 nitrogen and oxygen atoms in total. The second-order valence-electron chi connectivity index (χ2n) is 4.34. The van der Waals surface area contributed by atoms with Crippen molar-refractivity contribution in [3.8, 4) is 0 Å². The summed E-state index contributed by atoms with van der Waals surface area (Å²) in [4.78, 5) is 13.2. The van der Waals surface area contributed by atoms with Crippen LogP contribution in [0.15, 0.2) is 0 Å². The summed E-state index contributed by atoms with van der Waals surface area (Å²) in [6, 6.07) is 0. The lowest BCUT2D eigenvalue weighted by molar-refractivity contribution is -0.131. The van der Waals surface area contributed by atoms with Gasteiger partial charge in [-0.15, -0.1) is 0 Å². The van der Waals surface area contributed by atoms with Gasteiger partial charge >= 0.3 is 0 Å². The lowest BCUT2D eigenvalue weighted by Gasteiger charge is -2.20. The first-order valence-electron chi connectivity index (χ1n) is 6.22. The topological polar surface area (TPSA) is 75.8 Å². The number of likely N-dealkylation sites (N-methyl/N-ethyl adjacent to an activating group) is 1. The van der Waals surface area contributed by atoms with E-state index >= 15 is 0 Å². The first-order chi connectivity index (χ1) is 8.11. The number of nitrogens with zero attached hydrogens (tertiary/aromatic N) is 1. The van der Waals surface area contributed by atoms with Crippen molar-refractivity contribution in [3.63, 3.8) is 0 Å². The Balaban J connectivity index is 3.60. The molecule has 0 fully saturated rings. The molecule has 3 N–H and O–H groups in total. The Morgan fingerprint density at radius 3 is 2.59 bits per heavy atom. The van der Waals surface area contributed by atoms with Gasteiger partial charge in [-0.05, 0) is 19.4 Å². The van der Waals surface area contributed by atoms with Crippen LogP contribution in [0.25, 0.3) is 0 Å². The molecule has 17 heavy (non-hydrogen) atoms. The molecular weight excluding hydrogens is 220 g/mol. The number of nitrogens with two attached hydrogens (primary N) is 1. The highest BCUT2D eigenvalue weighted by molar-refractivity contribution is 5.75. The summed E-state index contributed by atoms with van der Waals surface area (Å²) in [6.45, 7) is 1.31. The lowest BCUT2D eigenvalue weighted by Crippen LogP contribution is -2.36. The molecule has 0 radical (unpaired) electrons. The van der Waals surface area contributed by atoms with Gasteiger partial charge in [0.15, 0.2) is 0 Å². The van der Waals surface area contributed by atoms with Gasteiger partial charge in [0, 0.05) is 27.1 Å². The Hall–Kier alpha value is -0.650. The molecule has 0 rings (SSSR count). The zero-order valence-electron chi connectivity index (χ0n) is 11.0. The van der Waals surface area contributed by atoms with E-state index in [1.54, 1.807) is 11.9 Å². The maximum Gasteiger partial charge on any atom is 0.222 e. The standard InChI is InChI=1S/C12H26N2O3/c1-14(9-11(15)10-17-2)12(16)7-5-3-4-6-8-13/h11,15H,3-10,13H2,1-2H3. The fraction of sp³-hybridized carbons (Fsp3) is 0.917. The van der Waals surface area contributed by atoms with E-state index in [2.05, 4.69) is 0 Å². The summed E-state index contributed by atoms with van der Waals surface area (Å²) >= 11 is 0. The van der Waals surface area contributed by atoms with Gasteiger partial charge in [0.25, 0.3) is 0 Å². The number of hydrogen-bond acceptors (Lipinski definition) is 4. The Kier molecular flexibility index (Phi) is 10.1. The minimum Gasteiger partial charge on any atom is -0.389 e. The number of ether oxygens (including phenoxy) is 1. The smallest absolute Gasteiger partial charge is 0.222 e. The molecule has 0 aromatic carbocycles. The van der Waals surface area contributed by atoms with Gasteiger partial charge in [0.1, 0.15) is 0 Å². The predicted molar refractivity (Wildman–Crippen MR) is 67.7 cm³/mol. The maximum atomic E-state index is 11.7. The first-order valence-corrected chi connectivity index (χ1v) is 6.22. The van der Waals surface area contributed by atoms with Crippen molar-refractivity contribution in [2.45, 2.75) is 38.2 Å². The predicted octanol–water partition coefficient (Wildman–Crippen LogP) is 0.361. The maximum absolute atomic E-state index is 11.7. The summed E-state index contributed by atoms with van der Waals surface area (Å²) in [5, 5.41) is 9.48. The molecular formula is C12H26N2O3. The van der Waals surface area contributed by atoms with Crippen LogP contribution in [-0.2, 0) is 9.53 Å². The van der Waals surface area contributed by atoms with Crippen LogP contribution in [0.5, 0.6) is 0 Å². The van der Waals surface area contributed by atoms with E-state index < -0.39 is 6.10 Å². The third-order valence-corrected chi connectivity index (χ3v) is 2.61. The van der Waals surface area contributed by atoms with Crippen molar-refractivity contribution in [2.24, 2.45) is 5.73 Å². The van der Waals surface area contributed by atoms with Crippen LogP contribution in [0.2, 0.25) is 0 Å². The first kappa shape index (κ1) is 16.4. The van der Waals surface area contributed by atoms with Crippen molar-refractivity contribution in [1.29, 1.82) is 0 Å². The van der Waals surface area contributed by atoms with E-state index in [4.69, 9.17) is 10.5 Å². The fourth-order valence-corrected chi connectivity index (χ4v) is 1.63. The fourth-order valence-electron chi connectivity index (χ4n) is 1.63. The number of aliphatic hydroxyl groups excluding tert-OH is 1. The van der Waals surface area contributed by atoms with E-state index in [0.29, 0.717) is 13.0 Å². The van der Waals surface area contributed by atoms with Crippen LogP contribution in [-0.4, -0.2) is 55.9 Å². The van der Waals surface area contributed by atoms with E-state index in [-0.39, 0.29) is 12.5 Å². The van der Waals surface area contributed by atoms with E-state index in [9.17, 15) is 9.90 Å². The zero-order valence-corrected chi connectivity index (χ0v) is 11.0. The highest BCUT2D eigenvalue weighted by Gasteiger charge is 2.12. The van der Waals surface area contributed by atoms with Crippen molar-refractivity contribution in [1.82, 2.24) is 4.90 Å². The van der Waals surface area contributed by atoms with Crippen molar-refractivity contribution < 1.29 is 14.6 Å². The zero-order chi connectivity index (χ0) is 13.1. The number of unbranched alkanes of at least 4 members (excludes halogenated alkanes) is 3. The van der Waals surface area contributed by atoms with Gasteiger partial charge in [0.2, 0.25) is 5.91 Å². The highest BCUT2D eigenvalue weighted by atomic mass is 16.5. The number of rotatable bonds is 10. The molecule has 0 saturated carbocycles. The van der Waals surface area contributed by atoms with Gasteiger partial charge in [-0.3, -0.25) is 4.79 Å². The molecule has 5 heteroatoms. The molecule has 1 atom stereocenters. The SMILES string of the molecule is COCC(O)CN(C)C(=O)CCCCCCN. The summed E-state index contributed by atoms with van der Waals surface area (Å²) in [6.07, 6.45) is 3.98. The molecule has 1 amide bonds. The largest absolute Gasteiger partial charge is 0.389 e. The third-order valence-electron chi connectivity index (χ3n) is 2.61.